The first kappa shape index (κ1) is 21.3. The van der Waals surface area contributed by atoms with Crippen molar-refractivity contribution in [3.8, 4) is 0 Å². The minimum absolute atomic E-state index is 0.223. The third-order valence-electron chi connectivity index (χ3n) is 3.84. The molecule has 11 heteroatoms. The van der Waals surface area contributed by atoms with Gasteiger partial charge in [-0.25, -0.2) is 4.79 Å². The molecule has 27 heavy (non-hydrogen) atoms. The van der Waals surface area contributed by atoms with Crippen molar-refractivity contribution in [3.63, 3.8) is 0 Å². The van der Waals surface area contributed by atoms with E-state index in [1.807, 2.05) is 0 Å². The van der Waals surface area contributed by atoms with Crippen molar-refractivity contribution < 1.29 is 18.4 Å². The van der Waals surface area contributed by atoms with Gasteiger partial charge in [-0.2, -0.15) is 0 Å². The maximum Gasteiger partial charge on any atom is 0.330 e. The molecule has 2 aromatic heterocycles. The SMILES string of the molecule is CCOP(=O)(CCCNCc1c[nH]c2c(=O)[nH]c(=O)[nH]c12)OCCCC=O. The molecule has 0 aliphatic rings. The monoisotopic (exact) mass is 400 g/mol. The van der Waals surface area contributed by atoms with Gasteiger partial charge in [0.25, 0.3) is 5.56 Å². The number of rotatable bonds is 13. The molecule has 0 aromatic carbocycles. The van der Waals surface area contributed by atoms with Gasteiger partial charge in [-0.15, -0.1) is 0 Å². The molecular weight excluding hydrogens is 375 g/mol. The van der Waals surface area contributed by atoms with Gasteiger partial charge in [0.05, 0.1) is 24.9 Å². The van der Waals surface area contributed by atoms with Crippen molar-refractivity contribution in [2.45, 2.75) is 32.7 Å². The minimum atomic E-state index is -3.17. The zero-order valence-electron chi connectivity index (χ0n) is 15.2. The van der Waals surface area contributed by atoms with Crippen LogP contribution in [0.15, 0.2) is 15.8 Å². The lowest BCUT2D eigenvalue weighted by Gasteiger charge is -2.17. The number of nitrogens with one attached hydrogen (secondary N) is 4. The molecule has 0 saturated carbocycles. The van der Waals surface area contributed by atoms with Crippen molar-refractivity contribution in [3.05, 3.63) is 32.6 Å². The van der Waals surface area contributed by atoms with Crippen LogP contribution < -0.4 is 16.6 Å². The number of H-pyrrole nitrogens is 3. The van der Waals surface area contributed by atoms with E-state index >= 15 is 0 Å². The molecular formula is C16H25N4O6P. The normalized spacial score (nSPS) is 13.7. The van der Waals surface area contributed by atoms with E-state index in [0.717, 1.165) is 11.8 Å². The maximum absolute atomic E-state index is 12.6. The molecule has 4 N–H and O–H groups in total. The first-order chi connectivity index (χ1) is 13.0. The van der Waals surface area contributed by atoms with Crippen molar-refractivity contribution in [2.24, 2.45) is 0 Å². The lowest BCUT2D eigenvalue weighted by molar-refractivity contribution is -0.108. The topological polar surface area (TPSA) is 146 Å². The predicted molar refractivity (Wildman–Crippen MR) is 101 cm³/mol. The number of aromatic nitrogens is 3. The van der Waals surface area contributed by atoms with Gasteiger partial charge in [0, 0.05) is 24.7 Å². The fraction of sp³-hybridized carbons (Fsp3) is 0.562. The van der Waals surface area contributed by atoms with E-state index in [9.17, 15) is 18.9 Å². The molecule has 0 saturated heterocycles. The number of aromatic amines is 3. The van der Waals surface area contributed by atoms with E-state index in [1.54, 1.807) is 13.1 Å². The highest BCUT2D eigenvalue weighted by molar-refractivity contribution is 7.53. The molecule has 1 unspecified atom stereocenters. The molecule has 0 radical (unpaired) electrons. The summed E-state index contributed by atoms with van der Waals surface area (Å²) < 4.78 is 23.2. The van der Waals surface area contributed by atoms with Crippen LogP contribution >= 0.6 is 7.60 Å². The quantitative estimate of drug-likeness (QED) is 0.225. The van der Waals surface area contributed by atoms with Gasteiger partial charge in [0.15, 0.2) is 0 Å². The largest absolute Gasteiger partial charge is 0.355 e. The number of fused-ring (bicyclic) bond motifs is 1. The number of unbranched alkanes of at least 4 members (excludes halogenated alkanes) is 1. The maximum atomic E-state index is 12.6. The Hall–Kier alpha value is -2.00. The lowest BCUT2D eigenvalue weighted by Crippen LogP contribution is -2.22. The average Bonchev–Trinajstić information content (AvgIpc) is 3.02. The van der Waals surface area contributed by atoms with E-state index in [1.165, 1.54) is 0 Å². The molecule has 0 fully saturated rings. The molecule has 0 spiro atoms. The molecule has 2 rings (SSSR count). The summed E-state index contributed by atoms with van der Waals surface area (Å²) in [6.07, 6.45) is 4.15. The van der Waals surface area contributed by atoms with Crippen molar-refractivity contribution in [1.29, 1.82) is 0 Å². The number of hydrogen-bond acceptors (Lipinski definition) is 7. The number of aldehydes is 1. The Balaban J connectivity index is 1.82. The first-order valence-corrected chi connectivity index (χ1v) is 10.6. The summed E-state index contributed by atoms with van der Waals surface area (Å²) in [5, 5.41) is 3.18. The Morgan fingerprint density at radius 2 is 2.00 bits per heavy atom. The summed E-state index contributed by atoms with van der Waals surface area (Å²) >= 11 is 0. The van der Waals surface area contributed by atoms with Crippen molar-refractivity contribution >= 4 is 24.9 Å². The minimum Gasteiger partial charge on any atom is -0.355 e. The van der Waals surface area contributed by atoms with Gasteiger partial charge in [0.1, 0.15) is 11.8 Å². The Kier molecular flexibility index (Phi) is 8.18. The van der Waals surface area contributed by atoms with Crippen LogP contribution in [0.25, 0.3) is 11.0 Å². The van der Waals surface area contributed by atoms with Crippen LogP contribution in [0.1, 0.15) is 31.7 Å². The smallest absolute Gasteiger partial charge is 0.330 e. The van der Waals surface area contributed by atoms with E-state index in [4.69, 9.17) is 9.05 Å². The van der Waals surface area contributed by atoms with Crippen LogP contribution in [-0.2, 0) is 25.0 Å². The molecule has 150 valence electrons. The zero-order chi connectivity index (χ0) is 19.7. The molecule has 2 aromatic rings. The highest BCUT2D eigenvalue weighted by Crippen LogP contribution is 2.48. The summed E-state index contributed by atoms with van der Waals surface area (Å²) in [6, 6.07) is 0. The Morgan fingerprint density at radius 3 is 2.74 bits per heavy atom. The second-order valence-corrected chi connectivity index (χ2v) is 8.08. The standard InChI is InChI=1S/C16H25N4O6P/c1-2-25-27(24,26-8-4-3-7-21)9-5-6-17-10-12-11-18-14-13(12)19-16(23)20-15(14)22/h7,11,17-18H,2-6,8-10H2,1H3,(H2,19,20,22,23). The van der Waals surface area contributed by atoms with Crippen molar-refractivity contribution in [2.75, 3.05) is 25.9 Å². The van der Waals surface area contributed by atoms with Gasteiger partial charge < -0.3 is 29.1 Å². The van der Waals surface area contributed by atoms with Crippen LogP contribution in [0.3, 0.4) is 0 Å². The molecule has 0 aliphatic heterocycles. The van der Waals surface area contributed by atoms with Gasteiger partial charge >= 0.3 is 13.3 Å². The summed E-state index contributed by atoms with van der Waals surface area (Å²) in [7, 11) is -3.17. The Morgan fingerprint density at radius 1 is 1.19 bits per heavy atom. The lowest BCUT2D eigenvalue weighted by atomic mass is 10.3. The third kappa shape index (κ3) is 6.28. The fourth-order valence-corrected chi connectivity index (χ4v) is 4.27. The van der Waals surface area contributed by atoms with E-state index < -0.39 is 18.8 Å². The molecule has 0 aliphatic carbocycles. The highest BCUT2D eigenvalue weighted by atomic mass is 31.2. The Bertz CT molecular complexity index is 902. The Labute approximate surface area is 155 Å². The number of carbonyl (C=O) groups is 1. The predicted octanol–water partition coefficient (Wildman–Crippen LogP) is 1.25. The molecule has 1 atom stereocenters. The number of hydrogen-bond donors (Lipinski definition) is 4. The van der Waals surface area contributed by atoms with Gasteiger partial charge in [-0.3, -0.25) is 14.3 Å². The van der Waals surface area contributed by atoms with Gasteiger partial charge in [-0.1, -0.05) is 0 Å². The van der Waals surface area contributed by atoms with Crippen LogP contribution in [0.4, 0.5) is 0 Å². The second-order valence-electron chi connectivity index (χ2n) is 5.90. The van der Waals surface area contributed by atoms with E-state index in [-0.39, 0.29) is 19.4 Å². The second kappa shape index (κ2) is 10.4. The zero-order valence-corrected chi connectivity index (χ0v) is 16.1. The summed E-state index contributed by atoms with van der Waals surface area (Å²) in [5.41, 5.74) is 0.513. The van der Waals surface area contributed by atoms with Crippen LogP contribution in [0.2, 0.25) is 0 Å². The van der Waals surface area contributed by atoms with Gasteiger partial charge in [0.2, 0.25) is 0 Å². The molecule has 2 heterocycles. The third-order valence-corrected chi connectivity index (χ3v) is 5.93. The van der Waals surface area contributed by atoms with E-state index in [2.05, 4.69) is 20.3 Å². The van der Waals surface area contributed by atoms with Gasteiger partial charge in [-0.05, 0) is 26.3 Å². The number of carbonyl (C=O) groups excluding carboxylic acids is 1. The van der Waals surface area contributed by atoms with Crippen LogP contribution in [0.5, 0.6) is 0 Å². The summed E-state index contributed by atoms with van der Waals surface area (Å²) in [6.45, 7) is 3.24. The van der Waals surface area contributed by atoms with Crippen LogP contribution in [-0.4, -0.2) is 47.2 Å². The van der Waals surface area contributed by atoms with E-state index in [0.29, 0.717) is 43.4 Å². The molecule has 10 nitrogen and oxygen atoms in total. The fourth-order valence-electron chi connectivity index (χ4n) is 2.59. The first-order valence-electron chi connectivity index (χ1n) is 8.84. The average molecular weight is 400 g/mol. The van der Waals surface area contributed by atoms with Crippen molar-refractivity contribution in [1.82, 2.24) is 20.3 Å². The summed E-state index contributed by atoms with van der Waals surface area (Å²) in [4.78, 5) is 41.0. The van der Waals surface area contributed by atoms with Crippen LogP contribution in [0, 0.1) is 0 Å². The molecule has 0 bridgehead atoms. The molecule has 0 amide bonds. The highest BCUT2D eigenvalue weighted by Gasteiger charge is 2.23. The summed E-state index contributed by atoms with van der Waals surface area (Å²) in [5.74, 6) is 0.